The van der Waals surface area contributed by atoms with E-state index in [-0.39, 0.29) is 0 Å². The molecule has 3 heteroatoms. The van der Waals surface area contributed by atoms with E-state index in [1.807, 2.05) is 6.07 Å². The van der Waals surface area contributed by atoms with Crippen LogP contribution < -0.4 is 4.74 Å². The van der Waals surface area contributed by atoms with Gasteiger partial charge in [0, 0.05) is 5.02 Å². The lowest BCUT2D eigenvalue weighted by atomic mass is 10.1. The average Bonchev–Trinajstić information content (AvgIpc) is 2.20. The molecular formula is C11H13ClO2. The van der Waals surface area contributed by atoms with Gasteiger partial charge in [-0.2, -0.15) is 0 Å². The zero-order valence-corrected chi connectivity index (χ0v) is 9.10. The molecule has 0 aliphatic carbocycles. The summed E-state index contributed by atoms with van der Waals surface area (Å²) in [5, 5.41) is 0.634. The molecule has 0 aliphatic rings. The molecule has 0 spiro atoms. The number of carbonyl (C=O) groups excluding carboxylic acids is 1. The van der Waals surface area contributed by atoms with Gasteiger partial charge < -0.3 is 4.74 Å². The summed E-state index contributed by atoms with van der Waals surface area (Å²) < 4.78 is 5.09. The van der Waals surface area contributed by atoms with Crippen molar-refractivity contribution in [3.63, 3.8) is 0 Å². The third-order valence-electron chi connectivity index (χ3n) is 2.05. The molecule has 1 aromatic rings. The molecule has 0 bridgehead atoms. The second-order valence-electron chi connectivity index (χ2n) is 3.05. The molecule has 0 saturated carbocycles. The summed E-state index contributed by atoms with van der Waals surface area (Å²) >= 11 is 6.00. The molecule has 0 atom stereocenters. The highest BCUT2D eigenvalue weighted by Gasteiger charge is 2.07. The smallest absolute Gasteiger partial charge is 0.153 e. The first kappa shape index (κ1) is 11.1. The van der Waals surface area contributed by atoms with Crippen molar-refractivity contribution in [1.82, 2.24) is 0 Å². The van der Waals surface area contributed by atoms with Crippen LogP contribution in [0.3, 0.4) is 0 Å². The SMILES string of the molecule is CCCc1cc(OC)c(C=O)cc1Cl. The maximum Gasteiger partial charge on any atom is 0.153 e. The summed E-state index contributed by atoms with van der Waals surface area (Å²) in [5.74, 6) is 0.591. The van der Waals surface area contributed by atoms with Crippen LogP contribution in [0.25, 0.3) is 0 Å². The van der Waals surface area contributed by atoms with Gasteiger partial charge in [-0.1, -0.05) is 24.9 Å². The van der Waals surface area contributed by atoms with Crippen LogP contribution in [0.1, 0.15) is 29.3 Å². The third kappa shape index (κ3) is 2.26. The van der Waals surface area contributed by atoms with Gasteiger partial charge in [0.2, 0.25) is 0 Å². The van der Waals surface area contributed by atoms with E-state index in [0.717, 1.165) is 24.7 Å². The molecule has 1 aromatic carbocycles. The fourth-order valence-corrected chi connectivity index (χ4v) is 1.61. The number of benzene rings is 1. The normalized spacial score (nSPS) is 9.93. The van der Waals surface area contributed by atoms with Crippen LogP contribution in [-0.4, -0.2) is 13.4 Å². The van der Waals surface area contributed by atoms with Crippen molar-refractivity contribution in [2.75, 3.05) is 7.11 Å². The second-order valence-corrected chi connectivity index (χ2v) is 3.46. The maximum absolute atomic E-state index is 10.7. The first-order chi connectivity index (χ1) is 6.72. The Morgan fingerprint density at radius 2 is 2.21 bits per heavy atom. The molecule has 76 valence electrons. The molecule has 0 aromatic heterocycles. The minimum Gasteiger partial charge on any atom is -0.496 e. The Hall–Kier alpha value is -1.02. The Morgan fingerprint density at radius 3 is 2.71 bits per heavy atom. The third-order valence-corrected chi connectivity index (χ3v) is 2.40. The van der Waals surface area contributed by atoms with Crippen LogP contribution in [0.4, 0.5) is 0 Å². The minimum atomic E-state index is 0.498. The molecule has 1 rings (SSSR count). The number of rotatable bonds is 4. The van der Waals surface area contributed by atoms with E-state index in [4.69, 9.17) is 16.3 Å². The molecule has 0 radical (unpaired) electrons. The molecule has 0 N–H and O–H groups in total. The number of halogens is 1. The van der Waals surface area contributed by atoms with E-state index in [2.05, 4.69) is 6.92 Å². The molecule has 0 amide bonds. The summed E-state index contributed by atoms with van der Waals surface area (Å²) in [6.07, 6.45) is 2.66. The molecule has 0 heterocycles. The number of hydrogen-bond acceptors (Lipinski definition) is 2. The van der Waals surface area contributed by atoms with Crippen molar-refractivity contribution < 1.29 is 9.53 Å². The summed E-state index contributed by atoms with van der Waals surface area (Å²) in [7, 11) is 1.55. The monoisotopic (exact) mass is 212 g/mol. The molecule has 0 saturated heterocycles. The lowest BCUT2D eigenvalue weighted by Crippen LogP contribution is -1.94. The highest BCUT2D eigenvalue weighted by atomic mass is 35.5. The van der Waals surface area contributed by atoms with Crippen molar-refractivity contribution in [2.24, 2.45) is 0 Å². The Balaban J connectivity index is 3.15. The predicted octanol–water partition coefficient (Wildman–Crippen LogP) is 3.11. The lowest BCUT2D eigenvalue weighted by molar-refractivity contribution is 0.112. The Labute approximate surface area is 88.8 Å². The van der Waals surface area contributed by atoms with Gasteiger partial charge in [0.25, 0.3) is 0 Å². The van der Waals surface area contributed by atoms with Gasteiger partial charge in [-0.05, 0) is 24.1 Å². The van der Waals surface area contributed by atoms with Crippen LogP contribution in [0.2, 0.25) is 5.02 Å². The lowest BCUT2D eigenvalue weighted by Gasteiger charge is -2.08. The van der Waals surface area contributed by atoms with E-state index in [1.165, 1.54) is 0 Å². The van der Waals surface area contributed by atoms with Gasteiger partial charge in [0.15, 0.2) is 6.29 Å². The van der Waals surface area contributed by atoms with Gasteiger partial charge in [-0.15, -0.1) is 0 Å². The Morgan fingerprint density at radius 1 is 1.50 bits per heavy atom. The molecule has 0 aliphatic heterocycles. The van der Waals surface area contributed by atoms with E-state index in [0.29, 0.717) is 16.3 Å². The topological polar surface area (TPSA) is 26.3 Å². The fraction of sp³-hybridized carbons (Fsp3) is 0.364. The highest BCUT2D eigenvalue weighted by molar-refractivity contribution is 6.31. The summed E-state index contributed by atoms with van der Waals surface area (Å²) in [4.78, 5) is 10.7. The first-order valence-corrected chi connectivity index (χ1v) is 4.92. The van der Waals surface area contributed by atoms with Gasteiger partial charge >= 0.3 is 0 Å². The summed E-state index contributed by atoms with van der Waals surface area (Å²) in [6, 6.07) is 3.48. The number of carbonyl (C=O) groups is 1. The van der Waals surface area contributed by atoms with Crippen LogP contribution in [-0.2, 0) is 6.42 Å². The number of aryl methyl sites for hydroxylation is 1. The number of ether oxygens (including phenoxy) is 1. The van der Waals surface area contributed by atoms with E-state index in [1.54, 1.807) is 13.2 Å². The van der Waals surface area contributed by atoms with E-state index in [9.17, 15) is 4.79 Å². The molecular weight excluding hydrogens is 200 g/mol. The van der Waals surface area contributed by atoms with Crippen LogP contribution in [0.15, 0.2) is 12.1 Å². The minimum absolute atomic E-state index is 0.498. The van der Waals surface area contributed by atoms with Crippen LogP contribution in [0.5, 0.6) is 5.75 Å². The summed E-state index contributed by atoms with van der Waals surface area (Å²) in [6.45, 7) is 2.08. The number of hydrogen-bond donors (Lipinski definition) is 0. The zero-order valence-electron chi connectivity index (χ0n) is 8.34. The van der Waals surface area contributed by atoms with E-state index >= 15 is 0 Å². The number of aldehydes is 1. The standard InChI is InChI=1S/C11H13ClO2/c1-3-4-8-6-11(14-2)9(7-13)5-10(8)12/h5-7H,3-4H2,1-2H3. The largest absolute Gasteiger partial charge is 0.496 e. The van der Waals surface area contributed by atoms with Crippen molar-refractivity contribution in [2.45, 2.75) is 19.8 Å². The van der Waals surface area contributed by atoms with Crippen molar-refractivity contribution in [3.8, 4) is 5.75 Å². The average molecular weight is 213 g/mol. The van der Waals surface area contributed by atoms with Gasteiger partial charge in [0.1, 0.15) is 5.75 Å². The summed E-state index contributed by atoms with van der Waals surface area (Å²) in [5.41, 5.74) is 1.52. The zero-order chi connectivity index (χ0) is 10.6. The quantitative estimate of drug-likeness (QED) is 0.717. The second kappa shape index (κ2) is 5.01. The van der Waals surface area contributed by atoms with Gasteiger partial charge in [-0.25, -0.2) is 0 Å². The highest BCUT2D eigenvalue weighted by Crippen LogP contribution is 2.26. The first-order valence-electron chi connectivity index (χ1n) is 4.54. The van der Waals surface area contributed by atoms with E-state index < -0.39 is 0 Å². The Kier molecular flexibility index (Phi) is 3.96. The van der Waals surface area contributed by atoms with Crippen molar-refractivity contribution in [1.29, 1.82) is 0 Å². The Bertz CT molecular complexity index is 334. The van der Waals surface area contributed by atoms with Gasteiger partial charge in [0.05, 0.1) is 12.7 Å². The fourth-order valence-electron chi connectivity index (χ4n) is 1.34. The predicted molar refractivity (Wildman–Crippen MR) is 57.4 cm³/mol. The van der Waals surface area contributed by atoms with Crippen molar-refractivity contribution >= 4 is 17.9 Å². The van der Waals surface area contributed by atoms with Gasteiger partial charge in [-0.3, -0.25) is 4.79 Å². The molecule has 0 fully saturated rings. The number of methoxy groups -OCH3 is 1. The van der Waals surface area contributed by atoms with Crippen LogP contribution >= 0.6 is 11.6 Å². The molecule has 2 nitrogen and oxygen atoms in total. The van der Waals surface area contributed by atoms with Crippen molar-refractivity contribution in [3.05, 3.63) is 28.3 Å². The maximum atomic E-state index is 10.7. The molecule has 14 heavy (non-hydrogen) atoms. The van der Waals surface area contributed by atoms with Crippen LogP contribution in [0, 0.1) is 0 Å². The molecule has 0 unspecified atom stereocenters.